The van der Waals surface area contributed by atoms with Crippen molar-refractivity contribution >= 4 is 15.9 Å². The van der Waals surface area contributed by atoms with Crippen molar-refractivity contribution in [1.29, 1.82) is 0 Å². The Morgan fingerprint density at radius 2 is 1.41 bits per heavy atom. The van der Waals surface area contributed by atoms with Crippen LogP contribution >= 0.6 is 15.9 Å². The van der Waals surface area contributed by atoms with Crippen LogP contribution in [0, 0.1) is 6.92 Å². The third kappa shape index (κ3) is 4.62. The number of hydrogen-bond acceptors (Lipinski definition) is 1. The molecule has 0 saturated heterocycles. The van der Waals surface area contributed by atoms with Crippen LogP contribution in [0.2, 0.25) is 0 Å². The molecule has 1 aromatic heterocycles. The number of halogens is 1. The zero-order valence-electron chi connectivity index (χ0n) is 16.8. The molecule has 0 N–H and O–H groups in total. The maximum atomic E-state index is 4.51. The topological polar surface area (TPSA) is 12.9 Å². The van der Waals surface area contributed by atoms with E-state index in [2.05, 4.69) is 98.9 Å². The lowest BCUT2D eigenvalue weighted by molar-refractivity contribution is 0.584. The van der Waals surface area contributed by atoms with Gasteiger partial charge in [0.15, 0.2) is 0 Å². The predicted octanol–water partition coefficient (Wildman–Crippen LogP) is 7.59. The van der Waals surface area contributed by atoms with Crippen molar-refractivity contribution in [2.24, 2.45) is 0 Å². The van der Waals surface area contributed by atoms with E-state index in [9.17, 15) is 0 Å². The van der Waals surface area contributed by atoms with Gasteiger partial charge in [-0.25, -0.2) is 0 Å². The lowest BCUT2D eigenvalue weighted by Gasteiger charge is -2.24. The van der Waals surface area contributed by atoms with E-state index in [0.717, 1.165) is 15.7 Å². The number of pyridine rings is 1. The second-order valence-corrected chi connectivity index (χ2v) is 9.79. The molecule has 0 amide bonds. The Morgan fingerprint density at radius 3 is 2.00 bits per heavy atom. The highest BCUT2D eigenvalue weighted by Crippen LogP contribution is 2.36. The first-order valence-corrected chi connectivity index (χ1v) is 10.1. The molecule has 0 aliphatic carbocycles. The summed E-state index contributed by atoms with van der Waals surface area (Å²) >= 11 is 3.68. The van der Waals surface area contributed by atoms with Gasteiger partial charge in [0.1, 0.15) is 5.41 Å². The van der Waals surface area contributed by atoms with Crippen molar-refractivity contribution in [1.82, 2.24) is 4.98 Å². The van der Waals surface area contributed by atoms with E-state index in [1.807, 2.05) is 24.4 Å². The van der Waals surface area contributed by atoms with Gasteiger partial charge in [0, 0.05) is 21.8 Å². The lowest BCUT2D eigenvalue weighted by Crippen LogP contribution is -2.16. The van der Waals surface area contributed by atoms with E-state index >= 15 is 0 Å². The lowest BCUT2D eigenvalue weighted by atomic mass is 9.79. The summed E-state index contributed by atoms with van der Waals surface area (Å²) in [6.07, 6.45) is 1.83. The van der Waals surface area contributed by atoms with Gasteiger partial charge in [-0.1, -0.05) is 54.9 Å². The van der Waals surface area contributed by atoms with Gasteiger partial charge in [0.05, 0.1) is 12.6 Å². The molecule has 1 nitrogen and oxygen atoms in total. The van der Waals surface area contributed by atoms with Gasteiger partial charge in [-0.3, -0.25) is 4.98 Å². The molecule has 2 heteroatoms. The zero-order valence-corrected chi connectivity index (χ0v) is 18.4. The maximum Gasteiger partial charge on any atom is 0.125 e. The van der Waals surface area contributed by atoms with Crippen molar-refractivity contribution in [3.8, 4) is 22.4 Å². The summed E-state index contributed by atoms with van der Waals surface area (Å²) in [6.45, 7) is 15.5. The van der Waals surface area contributed by atoms with Crippen LogP contribution in [-0.4, -0.2) is 4.98 Å². The number of rotatable bonds is 3. The van der Waals surface area contributed by atoms with Gasteiger partial charge >= 0.3 is 0 Å². The molecule has 0 bridgehead atoms. The highest BCUT2D eigenvalue weighted by Gasteiger charge is 2.25. The second kappa shape index (κ2) is 7.16. The molecule has 138 valence electrons. The van der Waals surface area contributed by atoms with Gasteiger partial charge in [0.2, 0.25) is 0 Å². The van der Waals surface area contributed by atoms with Crippen molar-refractivity contribution in [3.63, 3.8) is 0 Å². The summed E-state index contributed by atoms with van der Waals surface area (Å²) in [4.78, 5) is 4.51. The summed E-state index contributed by atoms with van der Waals surface area (Å²) in [5.41, 5.74) is 6.99. The van der Waals surface area contributed by atoms with Gasteiger partial charge in [-0.05, 0) is 72.4 Å². The number of nitrogens with zero attached hydrogens (tertiary/aromatic N) is 1. The Kier molecular flexibility index (Phi) is 5.22. The molecule has 0 fully saturated rings. The highest BCUT2D eigenvalue weighted by atomic mass is 79.9. The van der Waals surface area contributed by atoms with Crippen molar-refractivity contribution < 1.29 is 0 Å². The van der Waals surface area contributed by atoms with Gasteiger partial charge in [0.25, 0.3) is 0 Å². The molecule has 0 saturated carbocycles. The second-order valence-electron chi connectivity index (χ2n) is 8.88. The van der Waals surface area contributed by atoms with E-state index in [4.69, 9.17) is 0 Å². The van der Waals surface area contributed by atoms with Crippen LogP contribution in [0.4, 0.5) is 0 Å². The fourth-order valence-corrected chi connectivity index (χ4v) is 3.55. The van der Waals surface area contributed by atoms with Crippen LogP contribution in [-0.2, 0) is 10.8 Å². The number of benzene rings is 2. The summed E-state index contributed by atoms with van der Waals surface area (Å²) in [5.74, 6) is 0. The Balaban J connectivity index is 2.20. The monoisotopic (exact) mass is 420 g/mol. The van der Waals surface area contributed by atoms with Gasteiger partial charge in [-0.15, -0.1) is 0 Å². The molecule has 1 heterocycles. The Morgan fingerprint density at radius 1 is 0.778 bits per heavy atom. The van der Waals surface area contributed by atoms with Crippen LogP contribution in [0.1, 0.15) is 45.7 Å². The SMILES string of the molecule is [CH2+]C(C)(C)c1cc(-c2cc(Br)cc(-c3ccccn3)c2)cc(C(C)(C)C)c1. The standard InChI is InChI=1S/C25H27BrN/c1-24(2,3)20-12-18(13-21(16-20)25(4,5)6)17-11-19(15-22(26)14-17)23-9-7-8-10-27-23/h7-16H,1H2,2-6H3/q+1. The minimum Gasteiger partial charge on any atom is -0.256 e. The Labute approximate surface area is 172 Å². The van der Waals surface area contributed by atoms with E-state index in [0.29, 0.717) is 0 Å². The molecule has 3 rings (SSSR count). The molecule has 3 aromatic rings. The average Bonchev–Trinajstić information content (AvgIpc) is 2.60. The van der Waals surface area contributed by atoms with Gasteiger partial charge in [-0.2, -0.15) is 0 Å². The smallest absolute Gasteiger partial charge is 0.125 e. The maximum absolute atomic E-state index is 4.51. The molecular weight excluding hydrogens is 394 g/mol. The van der Waals surface area contributed by atoms with Crippen LogP contribution < -0.4 is 0 Å². The summed E-state index contributed by atoms with van der Waals surface area (Å²) in [7, 11) is 0. The molecule has 0 aliphatic rings. The molecule has 0 unspecified atom stereocenters. The molecule has 27 heavy (non-hydrogen) atoms. The molecular formula is C25H27BrN+. The van der Waals surface area contributed by atoms with E-state index < -0.39 is 0 Å². The quantitative estimate of drug-likeness (QED) is 0.397. The summed E-state index contributed by atoms with van der Waals surface area (Å²) in [5, 5.41) is 0. The number of aromatic nitrogens is 1. The van der Waals surface area contributed by atoms with Crippen LogP contribution in [0.5, 0.6) is 0 Å². The largest absolute Gasteiger partial charge is 0.256 e. The molecule has 0 aliphatic heterocycles. The van der Waals surface area contributed by atoms with Crippen LogP contribution in [0.3, 0.4) is 0 Å². The fourth-order valence-electron chi connectivity index (χ4n) is 3.06. The first-order valence-electron chi connectivity index (χ1n) is 9.28. The molecule has 2 aromatic carbocycles. The van der Waals surface area contributed by atoms with Crippen molar-refractivity contribution in [2.75, 3.05) is 0 Å². The van der Waals surface area contributed by atoms with Gasteiger partial charge < -0.3 is 0 Å². The fraction of sp³-hybridized carbons (Fsp3) is 0.280. The normalized spacial score (nSPS) is 12.2. The highest BCUT2D eigenvalue weighted by molar-refractivity contribution is 9.10. The summed E-state index contributed by atoms with van der Waals surface area (Å²) in [6, 6.07) is 19.4. The van der Waals surface area contributed by atoms with Crippen LogP contribution in [0.15, 0.2) is 65.3 Å². The first kappa shape index (κ1) is 19.7. The first-order chi connectivity index (χ1) is 12.5. The van der Waals surface area contributed by atoms with E-state index in [-0.39, 0.29) is 10.8 Å². The Hall–Kier alpha value is -2.06. The minimum absolute atomic E-state index is 0.0752. The third-order valence-corrected chi connectivity index (χ3v) is 5.23. The molecule has 0 atom stereocenters. The van der Waals surface area contributed by atoms with Crippen molar-refractivity contribution in [2.45, 2.75) is 45.4 Å². The number of hydrogen-bond donors (Lipinski definition) is 0. The third-order valence-electron chi connectivity index (χ3n) is 4.77. The minimum atomic E-state index is -0.147. The van der Waals surface area contributed by atoms with E-state index in [1.54, 1.807) is 0 Å². The van der Waals surface area contributed by atoms with Crippen molar-refractivity contribution in [3.05, 3.63) is 83.3 Å². The summed E-state index contributed by atoms with van der Waals surface area (Å²) < 4.78 is 1.05. The van der Waals surface area contributed by atoms with E-state index in [1.165, 1.54) is 22.3 Å². The Bertz CT molecular complexity index is 912. The predicted molar refractivity (Wildman–Crippen MR) is 120 cm³/mol. The zero-order chi connectivity index (χ0) is 19.8. The molecule has 0 radical (unpaired) electrons. The van der Waals surface area contributed by atoms with Crippen LogP contribution in [0.25, 0.3) is 22.4 Å². The average molecular weight is 421 g/mol. The molecule has 0 spiro atoms.